The molecule has 6 heterocycles. The molecule has 26 nitrogen and oxygen atoms in total. The van der Waals surface area contributed by atoms with Gasteiger partial charge in [-0.25, -0.2) is 32.9 Å². The molecule has 0 aliphatic heterocycles. The fourth-order valence-corrected chi connectivity index (χ4v) is 12.4. The number of carbonyl (C=O) groups is 3. The number of nitrogens with one attached hydrogen (secondary N) is 1. The molecule has 9 N–H and O–H groups in total. The summed E-state index contributed by atoms with van der Waals surface area (Å²) in [5.74, 6) is 3.97. The maximum atomic E-state index is 12.8. The molecule has 0 fully saturated rings. The summed E-state index contributed by atoms with van der Waals surface area (Å²) in [6.07, 6.45) is -8.81. The standard InChI is InChI=1S/C12H8F3N3.C12H9N3O2.C12H11N3O.C12H11N3.C11H8BrF3N2.C11H11BrN2.C6H7BrN2.C6H6BrN.C5H8O2.CN.3ClH.Cu.H2O.Ru/c1-8-5-11(12(13,14)15)18(17-8)10-4-2-3-9(6-10)7-16;1-8-5-11(12(16)17)15(14-8)10-4-2-3-9(6-10)7-13;1-9-5-12(8-16)15(14-9)11-4-2-3-10(6-11)7-13;1-9-6-10(2)15(14-9)12-5-3-4-11(7-12)8-13;1-7-5-10(11(13,14)15)17(16-7)9-4-2-3-8(12)6-9;1-8-6-9(2)14(13-8)11-5-3-4-10(12)7-11;7-5-2-1-3-6(4-5)9-8;7-5-2-1-3-6(8)4-5;1-4(6)3-5(2)7;1-2;;;;;;/h2-6H,1H3;2-6H,1H3,(H,16,17);2-6,16H,8H2,1H3;3-7H,1-2H3;2-6H,1H3;3-7H,1-2H3;1-4,9H,8H2;1-4H,8H2;3H2,1-2H3;;3*1H;;1H2;/q;;;;;;;;;-1;;;;+1;;+3/p-3. The van der Waals surface area contributed by atoms with Crippen LogP contribution in [-0.2, 0) is 58.6 Å². The number of halogens is 13. The van der Waals surface area contributed by atoms with Crippen molar-refractivity contribution < 1.29 is 86.5 Å². The second-order valence-corrected chi connectivity index (χ2v) is 37.7. The van der Waals surface area contributed by atoms with E-state index in [1.807, 2.05) is 152 Å². The SMILES string of the molecule is CC(=O)CC(C)=O.Cc1cc(C(=O)O)n(-c2cccc(C#N)c2)n1.Cc1cc(C(F)(F)F)n(-c2cccc(Br)c2)n1.Cc1cc(C(F)(F)F)n(-c2cccc(C#N)c2)n1.Cc1cc(C)n(-c2cccc(Br)c2)n1.Cc1cc(C)n(-c2cccc(C#N)c2)n1.Cc1cc(CO)n(-c2cccc(C#N)c2)n1.NNc1cccc(Br)c1.Nc1cccc(Br)c1.O.[C-]#N.[Cl][Ru]([Cl])[Cl].[Cu+]. The number of alkyl halides is 6. The van der Waals surface area contributed by atoms with Gasteiger partial charge in [0.1, 0.15) is 23.0 Å². The number of nitrogens with two attached hydrogens (primary N) is 2. The number of aliphatic hydroxyl groups is 1. The van der Waals surface area contributed by atoms with Crippen molar-refractivity contribution in [3.8, 4) is 58.4 Å². The number of aryl methyl sites for hydroxylation is 8. The average molecular weight is 2220 g/mol. The molecule has 0 amide bonds. The second-order valence-electron chi connectivity index (χ2n) is 26.1. The molecule has 0 aliphatic carbocycles. The molecule has 0 atom stereocenters. The Morgan fingerprint density at radius 1 is 0.434 bits per heavy atom. The molecule has 0 saturated heterocycles. The number of carboxylic acids is 1. The first-order valence-corrected chi connectivity index (χ1v) is 46.3. The van der Waals surface area contributed by atoms with Crippen molar-refractivity contribution in [2.24, 2.45) is 5.84 Å². The molecule has 129 heavy (non-hydrogen) atoms. The first-order chi connectivity index (χ1) is 60.0. The topological polar surface area (TPSA) is 413 Å². The van der Waals surface area contributed by atoms with E-state index >= 15 is 0 Å². The van der Waals surface area contributed by atoms with Crippen LogP contribution in [0.4, 0.5) is 37.7 Å². The Morgan fingerprint density at radius 2 is 0.713 bits per heavy atom. The van der Waals surface area contributed by atoms with Gasteiger partial charge in [0, 0.05) is 40.7 Å². The molecule has 41 heteroatoms. The number of nitrogens with zero attached hydrogens (tertiary/aromatic N) is 17. The zero-order valence-electron chi connectivity index (χ0n) is 69.8. The number of ketones is 2. The minimum atomic E-state index is -4.48. The number of hydrazine groups is 1. The van der Waals surface area contributed by atoms with E-state index in [4.69, 9.17) is 78.6 Å². The predicted molar refractivity (Wildman–Crippen MR) is 489 cm³/mol. The summed E-state index contributed by atoms with van der Waals surface area (Å²) < 4.78 is 89.0. The van der Waals surface area contributed by atoms with Gasteiger partial charge < -0.3 is 38.7 Å². The van der Waals surface area contributed by atoms with Gasteiger partial charge in [0.25, 0.3) is 0 Å². The number of aliphatic hydroxyl groups excluding tert-OH is 1. The third-order valence-electron chi connectivity index (χ3n) is 15.7. The molecule has 0 bridgehead atoms. The number of anilines is 2. The van der Waals surface area contributed by atoms with Gasteiger partial charge >= 0.3 is 77.4 Å². The molecule has 6 aromatic heterocycles. The van der Waals surface area contributed by atoms with E-state index < -0.39 is 42.7 Å². The minimum Gasteiger partial charge on any atom is 1.00 e. The van der Waals surface area contributed by atoms with Crippen LogP contribution >= 0.6 is 92.8 Å². The van der Waals surface area contributed by atoms with Gasteiger partial charge in [-0.05, 0) is 251 Å². The predicted octanol–water partition coefficient (Wildman–Crippen LogP) is 21.6. The van der Waals surface area contributed by atoms with Crippen molar-refractivity contribution in [2.45, 2.75) is 94.6 Å². The summed E-state index contributed by atoms with van der Waals surface area (Å²) in [7, 11) is 14.8. The maximum Gasteiger partial charge on any atom is 1.00 e. The van der Waals surface area contributed by atoms with Crippen LogP contribution in [0.5, 0.6) is 0 Å². The summed E-state index contributed by atoms with van der Waals surface area (Å²) in [5.41, 5.74) is 21.1. The summed E-state index contributed by atoms with van der Waals surface area (Å²) in [4.78, 5) is 31.1. The molecule has 0 spiro atoms. The van der Waals surface area contributed by atoms with Gasteiger partial charge in [-0.3, -0.25) is 15.4 Å². The number of carboxylic acid groups (broad SMARTS) is 1. The molecule has 14 rings (SSSR count). The first-order valence-electron chi connectivity index (χ1n) is 36.5. The second kappa shape index (κ2) is 56.6. The maximum absolute atomic E-state index is 12.8. The molecule has 8 aromatic carbocycles. The van der Waals surface area contributed by atoms with E-state index in [0.717, 1.165) is 91.8 Å². The number of nitriles is 4. The number of hydrogen-bond acceptors (Lipinski definition) is 18. The molecule has 679 valence electrons. The summed E-state index contributed by atoms with van der Waals surface area (Å²) in [5, 5.41) is 84.5. The monoisotopic (exact) mass is 2210 g/mol. The van der Waals surface area contributed by atoms with E-state index in [9.17, 15) is 45.8 Å². The Balaban J connectivity index is 0.000000492. The van der Waals surface area contributed by atoms with Crippen molar-refractivity contribution >= 4 is 122 Å². The van der Waals surface area contributed by atoms with Gasteiger partial charge in [0.05, 0.1) is 134 Å². The summed E-state index contributed by atoms with van der Waals surface area (Å²) >= 11 is 11.5. The van der Waals surface area contributed by atoms with E-state index in [1.165, 1.54) is 62.7 Å². The van der Waals surface area contributed by atoms with Crippen molar-refractivity contribution in [1.29, 1.82) is 26.3 Å². The largest absolute Gasteiger partial charge is 1.00 e. The molecular weight excluding hydrogens is 2140 g/mol. The van der Waals surface area contributed by atoms with E-state index in [2.05, 4.69) is 131 Å². The Labute approximate surface area is 801 Å². The molecule has 14 aromatic rings. The van der Waals surface area contributed by atoms with Crippen LogP contribution in [0, 0.1) is 113 Å². The number of aromatic nitrogens is 12. The number of benzene rings is 8. The number of aromatic carboxylic acids is 1. The Kier molecular flexibility index (Phi) is 49.7. The normalized spacial score (nSPS) is 9.99. The Hall–Kier alpha value is -11.7. The summed E-state index contributed by atoms with van der Waals surface area (Å²) in [6.45, 7) is 22.1. The van der Waals surface area contributed by atoms with Gasteiger partial charge in [0.15, 0.2) is 5.69 Å². The van der Waals surface area contributed by atoms with Crippen LogP contribution in [0.3, 0.4) is 0 Å². The van der Waals surface area contributed by atoms with Crippen LogP contribution in [0.25, 0.3) is 34.1 Å². The number of rotatable bonds is 11. The average Bonchev–Trinajstić information content (AvgIpc) is 1.62. The minimum absolute atomic E-state index is 0. The smallest absolute Gasteiger partial charge is 1.00 e. The zero-order chi connectivity index (χ0) is 95.0. The number of carbonyl (C=O) groups excluding carboxylic acids is 2. The van der Waals surface area contributed by atoms with Crippen molar-refractivity contribution in [3.63, 3.8) is 0 Å². The summed E-state index contributed by atoms with van der Waals surface area (Å²) in [6, 6.07) is 74.5. The van der Waals surface area contributed by atoms with Crippen molar-refractivity contribution in [2.75, 3.05) is 11.2 Å². The fraction of sp³-hybridized carbons (Fsp3) is 0.159. The molecule has 0 saturated carbocycles. The van der Waals surface area contributed by atoms with Crippen molar-refractivity contribution in [3.05, 3.63) is 346 Å². The Morgan fingerprint density at radius 3 is 1.00 bits per heavy atom. The van der Waals surface area contributed by atoms with Crippen LogP contribution in [0.2, 0.25) is 0 Å². The third-order valence-corrected chi connectivity index (χ3v) is 17.7. The van der Waals surface area contributed by atoms with Crippen LogP contribution in [-0.4, -0.2) is 91.9 Å². The number of hydrogen-bond donors (Lipinski definition) is 5. The third kappa shape index (κ3) is 39.4. The van der Waals surface area contributed by atoms with E-state index in [-0.39, 0.29) is 69.8 Å². The van der Waals surface area contributed by atoms with E-state index in [0.29, 0.717) is 49.6 Å². The van der Waals surface area contributed by atoms with Crippen LogP contribution in [0.15, 0.2) is 248 Å². The first kappa shape index (κ1) is 113. The molecular formula is C88H81Br4Cl3CuF6N20O6Ru. The zero-order valence-corrected chi connectivity index (χ0v) is 81.1. The van der Waals surface area contributed by atoms with E-state index in [1.54, 1.807) is 84.4 Å². The number of nitrogen functional groups attached to an aromatic ring is 2. The van der Waals surface area contributed by atoms with Gasteiger partial charge in [-0.1, -0.05) is 112 Å². The number of Topliss-reactive ketones (excluding diaryl/α,β-unsaturated/α-hetero) is 2. The van der Waals surface area contributed by atoms with Crippen LogP contribution < -0.4 is 17.0 Å². The van der Waals surface area contributed by atoms with Crippen molar-refractivity contribution in [1.82, 2.24) is 58.7 Å². The van der Waals surface area contributed by atoms with Gasteiger partial charge in [-0.2, -0.15) is 78.0 Å². The molecule has 0 radical (unpaired) electrons. The quantitative estimate of drug-likeness (QED) is 0.0153. The van der Waals surface area contributed by atoms with Gasteiger partial charge in [0.2, 0.25) is 0 Å². The molecule has 0 aliphatic rings. The Bertz CT molecular complexity index is 6180. The van der Waals surface area contributed by atoms with Gasteiger partial charge in [-0.15, -0.1) is 0 Å². The van der Waals surface area contributed by atoms with Crippen LogP contribution in [0.1, 0.15) is 116 Å². The fourth-order valence-electron chi connectivity index (χ4n) is 10.8. The molecule has 0 unspecified atom stereocenters.